The Balaban J connectivity index is 2.24. The molecule has 1 aromatic rings. The largest absolute Gasteiger partial charge is 0.320 e. The first-order valence-electron chi connectivity index (χ1n) is 5.88. The Morgan fingerprint density at radius 1 is 1.53 bits per heavy atom. The molecule has 1 aromatic carbocycles. The van der Waals surface area contributed by atoms with Crippen LogP contribution >= 0.6 is 11.8 Å². The lowest BCUT2D eigenvalue weighted by Gasteiger charge is -2.22. The minimum atomic E-state index is -0.453. The van der Waals surface area contributed by atoms with Gasteiger partial charge in [-0.05, 0) is 49.3 Å². The minimum absolute atomic E-state index is 0.0478. The second kappa shape index (κ2) is 5.10. The number of amides is 1. The molecule has 17 heavy (non-hydrogen) atoms. The lowest BCUT2D eigenvalue weighted by atomic mass is 10.1. The first-order chi connectivity index (χ1) is 8.09. The molecule has 2 N–H and O–H groups in total. The van der Waals surface area contributed by atoms with Crippen molar-refractivity contribution in [2.24, 2.45) is 5.73 Å². The van der Waals surface area contributed by atoms with Crippen LogP contribution in [0.25, 0.3) is 0 Å². The molecule has 4 heteroatoms. The van der Waals surface area contributed by atoms with Crippen molar-refractivity contribution < 1.29 is 4.79 Å². The summed E-state index contributed by atoms with van der Waals surface area (Å²) < 4.78 is 0. The van der Waals surface area contributed by atoms with Crippen LogP contribution in [0.2, 0.25) is 0 Å². The Morgan fingerprint density at radius 3 is 3.00 bits per heavy atom. The lowest BCUT2D eigenvalue weighted by molar-refractivity contribution is -0.119. The molecule has 1 amide bonds. The molecule has 1 atom stereocenters. The molecule has 0 spiro atoms. The van der Waals surface area contributed by atoms with E-state index in [4.69, 9.17) is 5.73 Å². The van der Waals surface area contributed by atoms with E-state index in [2.05, 4.69) is 12.1 Å². The highest BCUT2D eigenvalue weighted by atomic mass is 32.2. The Hall–Kier alpha value is -1.00. The van der Waals surface area contributed by atoms with Gasteiger partial charge in [-0.1, -0.05) is 0 Å². The number of fused-ring (bicyclic) bond motifs is 1. The highest BCUT2D eigenvalue weighted by molar-refractivity contribution is 7.99. The lowest BCUT2D eigenvalue weighted by Crippen LogP contribution is -2.39. The Morgan fingerprint density at radius 2 is 2.29 bits per heavy atom. The van der Waals surface area contributed by atoms with Crippen molar-refractivity contribution >= 4 is 23.4 Å². The number of benzene rings is 1. The predicted molar refractivity (Wildman–Crippen MR) is 72.5 cm³/mol. The van der Waals surface area contributed by atoms with Gasteiger partial charge in [0.2, 0.25) is 5.91 Å². The van der Waals surface area contributed by atoms with E-state index in [1.54, 1.807) is 18.9 Å². The second-order valence-corrected chi connectivity index (χ2v) is 5.57. The monoisotopic (exact) mass is 250 g/mol. The SMILES string of the molecule is CC(N)C(=O)N(C)c1ccc2c(c1)CCCS2. The molecule has 1 aliphatic rings. The molecular formula is C13H18N2OS. The first kappa shape index (κ1) is 12.5. The van der Waals surface area contributed by atoms with Crippen LogP contribution in [0.5, 0.6) is 0 Å². The van der Waals surface area contributed by atoms with Crippen molar-refractivity contribution in [3.8, 4) is 0 Å². The van der Waals surface area contributed by atoms with Crippen molar-refractivity contribution in [1.29, 1.82) is 0 Å². The Labute approximate surface area is 106 Å². The van der Waals surface area contributed by atoms with Crippen LogP contribution in [0.4, 0.5) is 5.69 Å². The molecule has 1 aliphatic heterocycles. The van der Waals surface area contributed by atoms with Gasteiger partial charge in [0.05, 0.1) is 6.04 Å². The number of hydrogen-bond donors (Lipinski definition) is 1. The topological polar surface area (TPSA) is 46.3 Å². The summed E-state index contributed by atoms with van der Waals surface area (Å²) in [5.74, 6) is 1.15. The van der Waals surface area contributed by atoms with Gasteiger partial charge >= 0.3 is 0 Å². The van der Waals surface area contributed by atoms with E-state index < -0.39 is 6.04 Å². The number of rotatable bonds is 2. The minimum Gasteiger partial charge on any atom is -0.320 e. The van der Waals surface area contributed by atoms with E-state index in [-0.39, 0.29) is 5.91 Å². The van der Waals surface area contributed by atoms with Gasteiger partial charge in [-0.25, -0.2) is 0 Å². The molecule has 1 unspecified atom stereocenters. The maximum absolute atomic E-state index is 11.8. The number of carbonyl (C=O) groups is 1. The standard InChI is InChI=1S/C13H18N2OS/c1-9(14)13(16)15(2)11-5-6-12-10(8-11)4-3-7-17-12/h5-6,8-9H,3-4,7,14H2,1-2H3. The van der Waals surface area contributed by atoms with Crippen LogP contribution in [0, 0.1) is 0 Å². The van der Waals surface area contributed by atoms with Crippen molar-refractivity contribution in [2.75, 3.05) is 17.7 Å². The number of thioether (sulfide) groups is 1. The summed E-state index contributed by atoms with van der Waals surface area (Å²) in [7, 11) is 1.78. The van der Waals surface area contributed by atoms with Crippen LogP contribution in [0.1, 0.15) is 18.9 Å². The third kappa shape index (κ3) is 2.64. The van der Waals surface area contributed by atoms with Gasteiger partial charge in [0, 0.05) is 17.6 Å². The summed E-state index contributed by atoms with van der Waals surface area (Å²) >= 11 is 1.90. The number of likely N-dealkylation sites (N-methyl/N-ethyl adjacent to an activating group) is 1. The second-order valence-electron chi connectivity index (χ2n) is 4.43. The average Bonchev–Trinajstić information content (AvgIpc) is 2.36. The van der Waals surface area contributed by atoms with E-state index in [9.17, 15) is 4.79 Å². The Bertz CT molecular complexity index is 431. The van der Waals surface area contributed by atoms with E-state index in [0.717, 1.165) is 12.1 Å². The van der Waals surface area contributed by atoms with E-state index in [0.29, 0.717) is 0 Å². The third-order valence-corrected chi connectivity index (χ3v) is 4.20. The van der Waals surface area contributed by atoms with Crippen LogP contribution in [0.3, 0.4) is 0 Å². The zero-order valence-electron chi connectivity index (χ0n) is 10.3. The fourth-order valence-corrected chi connectivity index (χ4v) is 3.01. The summed E-state index contributed by atoms with van der Waals surface area (Å²) in [6.07, 6.45) is 2.32. The van der Waals surface area contributed by atoms with Crippen molar-refractivity contribution in [2.45, 2.75) is 30.7 Å². The normalized spacial score (nSPS) is 16.2. The zero-order valence-corrected chi connectivity index (χ0v) is 11.1. The van der Waals surface area contributed by atoms with Gasteiger partial charge in [-0.3, -0.25) is 4.79 Å². The molecule has 0 aliphatic carbocycles. The fourth-order valence-electron chi connectivity index (χ4n) is 1.99. The summed E-state index contributed by atoms with van der Waals surface area (Å²) in [4.78, 5) is 14.8. The van der Waals surface area contributed by atoms with Gasteiger partial charge < -0.3 is 10.6 Å². The molecule has 0 fully saturated rings. The number of anilines is 1. The smallest absolute Gasteiger partial charge is 0.243 e. The van der Waals surface area contributed by atoms with Gasteiger partial charge in [0.25, 0.3) is 0 Å². The maximum Gasteiger partial charge on any atom is 0.243 e. The molecule has 0 saturated carbocycles. The molecule has 0 saturated heterocycles. The van der Waals surface area contributed by atoms with E-state index in [1.165, 1.54) is 22.6 Å². The summed E-state index contributed by atoms with van der Waals surface area (Å²) in [6.45, 7) is 1.72. The summed E-state index contributed by atoms with van der Waals surface area (Å²) in [5, 5.41) is 0. The fraction of sp³-hybridized carbons (Fsp3) is 0.462. The number of carbonyl (C=O) groups excluding carboxylic acids is 1. The average molecular weight is 250 g/mol. The van der Waals surface area contributed by atoms with E-state index >= 15 is 0 Å². The third-order valence-electron chi connectivity index (χ3n) is 3.00. The number of nitrogens with zero attached hydrogens (tertiary/aromatic N) is 1. The van der Waals surface area contributed by atoms with E-state index in [1.807, 2.05) is 17.8 Å². The van der Waals surface area contributed by atoms with Crippen LogP contribution in [-0.2, 0) is 11.2 Å². The van der Waals surface area contributed by atoms with Crippen LogP contribution in [-0.4, -0.2) is 24.7 Å². The number of hydrogen-bond acceptors (Lipinski definition) is 3. The van der Waals surface area contributed by atoms with Gasteiger partial charge in [-0.2, -0.15) is 0 Å². The van der Waals surface area contributed by atoms with Crippen LogP contribution in [0.15, 0.2) is 23.1 Å². The molecular weight excluding hydrogens is 232 g/mol. The zero-order chi connectivity index (χ0) is 12.4. The molecule has 0 bridgehead atoms. The number of nitrogens with two attached hydrogens (primary N) is 1. The molecule has 92 valence electrons. The quantitative estimate of drug-likeness (QED) is 0.873. The number of aryl methyl sites for hydroxylation is 1. The highest BCUT2D eigenvalue weighted by Gasteiger charge is 2.17. The Kier molecular flexibility index (Phi) is 3.74. The maximum atomic E-state index is 11.8. The summed E-state index contributed by atoms with van der Waals surface area (Å²) in [5.41, 5.74) is 7.91. The highest BCUT2D eigenvalue weighted by Crippen LogP contribution is 2.32. The molecule has 3 nitrogen and oxygen atoms in total. The van der Waals surface area contributed by atoms with Gasteiger partial charge in [-0.15, -0.1) is 11.8 Å². The first-order valence-corrected chi connectivity index (χ1v) is 6.87. The predicted octanol–water partition coefficient (Wildman–Crippen LogP) is 2.03. The molecule has 2 rings (SSSR count). The van der Waals surface area contributed by atoms with Gasteiger partial charge in [0.15, 0.2) is 0 Å². The van der Waals surface area contributed by atoms with Gasteiger partial charge in [0.1, 0.15) is 0 Å². The van der Waals surface area contributed by atoms with Crippen molar-refractivity contribution in [3.05, 3.63) is 23.8 Å². The molecule has 1 heterocycles. The van der Waals surface area contributed by atoms with Crippen LogP contribution < -0.4 is 10.6 Å². The molecule has 0 radical (unpaired) electrons. The summed E-state index contributed by atoms with van der Waals surface area (Å²) in [6, 6.07) is 5.77. The van der Waals surface area contributed by atoms with Crippen molar-refractivity contribution in [1.82, 2.24) is 0 Å². The van der Waals surface area contributed by atoms with Crippen molar-refractivity contribution in [3.63, 3.8) is 0 Å². The molecule has 0 aromatic heterocycles.